The molecule has 2 N–H and O–H groups in total. The van der Waals surface area contributed by atoms with Crippen molar-refractivity contribution in [2.45, 2.75) is 32.6 Å². The molecule has 2 rings (SSSR count). The molecule has 1 aromatic carbocycles. The summed E-state index contributed by atoms with van der Waals surface area (Å²) in [5.41, 5.74) is 3.46. The first-order valence-corrected chi connectivity index (χ1v) is 8.36. The second-order valence-electron chi connectivity index (χ2n) is 5.52. The minimum Gasteiger partial charge on any atom is -0.507 e. The third-order valence-electron chi connectivity index (χ3n) is 3.70. The number of aromatic hydroxyl groups is 1. The van der Waals surface area contributed by atoms with Crippen molar-refractivity contribution in [1.82, 2.24) is 10.3 Å². The van der Waals surface area contributed by atoms with Gasteiger partial charge in [0, 0.05) is 23.0 Å². The number of phenolic OH excluding ortho intramolecular Hbond substituents is 1. The van der Waals surface area contributed by atoms with Gasteiger partial charge in [-0.15, -0.1) is 0 Å². The van der Waals surface area contributed by atoms with E-state index in [1.54, 1.807) is 30.0 Å². The molecule has 0 saturated carbocycles. The zero-order valence-electron chi connectivity index (χ0n) is 13.0. The van der Waals surface area contributed by atoms with Crippen molar-refractivity contribution in [1.29, 1.82) is 0 Å². The van der Waals surface area contributed by atoms with Crippen LogP contribution in [0, 0.1) is 0 Å². The fraction of sp³-hybridized carbons (Fsp3) is 0.438. The van der Waals surface area contributed by atoms with E-state index in [0.29, 0.717) is 24.2 Å². The van der Waals surface area contributed by atoms with E-state index >= 15 is 0 Å². The first-order chi connectivity index (χ1) is 11.0. The number of hydrogen-bond donors (Lipinski definition) is 2. The van der Waals surface area contributed by atoms with Gasteiger partial charge in [-0.1, -0.05) is 22.4 Å². The molecule has 0 bridgehead atoms. The smallest absolute Gasteiger partial charge is 0.259 e. The number of likely N-dealkylation sites (tertiary alicyclic amines) is 1. The summed E-state index contributed by atoms with van der Waals surface area (Å²) < 4.78 is 0.807. The highest BCUT2D eigenvalue weighted by atomic mass is 79.9. The lowest BCUT2D eigenvalue weighted by Crippen LogP contribution is -2.39. The number of rotatable bonds is 4. The van der Waals surface area contributed by atoms with Crippen molar-refractivity contribution in [3.63, 3.8) is 0 Å². The van der Waals surface area contributed by atoms with Crippen LogP contribution in [0.1, 0.15) is 38.2 Å². The number of nitrogens with one attached hydrogen (secondary N) is 1. The summed E-state index contributed by atoms with van der Waals surface area (Å²) in [5.74, 6) is -0.233. The normalized spacial score (nSPS) is 16.2. The fourth-order valence-electron chi connectivity index (χ4n) is 2.42. The van der Waals surface area contributed by atoms with Crippen molar-refractivity contribution < 1.29 is 14.7 Å². The minimum absolute atomic E-state index is 0.0140. The molecule has 1 aliphatic heterocycles. The molecule has 1 fully saturated rings. The van der Waals surface area contributed by atoms with Crippen LogP contribution >= 0.6 is 15.9 Å². The van der Waals surface area contributed by atoms with Gasteiger partial charge in [0.15, 0.2) is 0 Å². The Morgan fingerprint density at radius 2 is 2.17 bits per heavy atom. The molecule has 124 valence electrons. The Bertz CT molecular complexity index is 631. The molecular weight excluding hydrogens is 362 g/mol. The van der Waals surface area contributed by atoms with E-state index < -0.39 is 0 Å². The number of hydrazone groups is 1. The van der Waals surface area contributed by atoms with Crippen molar-refractivity contribution in [2.75, 3.05) is 13.1 Å². The van der Waals surface area contributed by atoms with Crippen molar-refractivity contribution in [2.24, 2.45) is 5.10 Å². The number of carbonyl (C=O) groups excluding carboxylic acids is 2. The first kappa shape index (κ1) is 17.5. The Balaban J connectivity index is 1.97. The van der Waals surface area contributed by atoms with Crippen molar-refractivity contribution >= 4 is 33.5 Å². The van der Waals surface area contributed by atoms with Gasteiger partial charge in [-0.05, 0) is 38.0 Å². The van der Waals surface area contributed by atoms with Crippen LogP contribution < -0.4 is 5.43 Å². The summed E-state index contributed by atoms with van der Waals surface area (Å²) in [6.45, 7) is 2.32. The first-order valence-electron chi connectivity index (χ1n) is 7.57. The van der Waals surface area contributed by atoms with Gasteiger partial charge in [0.25, 0.3) is 5.91 Å². The van der Waals surface area contributed by atoms with E-state index in [1.165, 1.54) is 0 Å². The summed E-state index contributed by atoms with van der Waals surface area (Å²) in [6, 6.07) is 4.99. The number of benzene rings is 1. The topological polar surface area (TPSA) is 82.0 Å². The molecule has 0 aromatic heterocycles. The van der Waals surface area contributed by atoms with Crippen LogP contribution in [0.4, 0.5) is 0 Å². The summed E-state index contributed by atoms with van der Waals surface area (Å²) in [5, 5.41) is 13.8. The Morgan fingerprint density at radius 1 is 1.39 bits per heavy atom. The summed E-state index contributed by atoms with van der Waals surface area (Å²) in [4.78, 5) is 25.4. The molecule has 0 unspecified atom stereocenters. The van der Waals surface area contributed by atoms with E-state index in [2.05, 4.69) is 26.5 Å². The highest BCUT2D eigenvalue weighted by molar-refractivity contribution is 9.10. The number of nitrogens with zero attached hydrogens (tertiary/aromatic N) is 2. The van der Waals surface area contributed by atoms with Crippen LogP contribution in [-0.2, 0) is 9.59 Å². The van der Waals surface area contributed by atoms with Crippen LogP contribution in [0.15, 0.2) is 27.8 Å². The maximum Gasteiger partial charge on any atom is 0.259 e. The molecule has 1 heterocycles. The third-order valence-corrected chi connectivity index (χ3v) is 4.20. The van der Waals surface area contributed by atoms with Crippen molar-refractivity contribution in [3.8, 4) is 5.75 Å². The Morgan fingerprint density at radius 3 is 2.96 bits per heavy atom. The quantitative estimate of drug-likeness (QED) is 0.620. The molecule has 23 heavy (non-hydrogen) atoms. The largest absolute Gasteiger partial charge is 0.507 e. The molecule has 1 aromatic rings. The van der Waals surface area contributed by atoms with Gasteiger partial charge in [0.1, 0.15) is 12.3 Å². The highest BCUT2D eigenvalue weighted by Gasteiger charge is 2.19. The molecule has 6 nitrogen and oxygen atoms in total. The van der Waals surface area contributed by atoms with Crippen LogP contribution in [0.3, 0.4) is 0 Å². The van der Waals surface area contributed by atoms with Gasteiger partial charge in [-0.25, -0.2) is 5.43 Å². The molecular formula is C16H20BrN3O3. The average molecular weight is 382 g/mol. The van der Waals surface area contributed by atoms with E-state index in [0.717, 1.165) is 23.7 Å². The fourth-order valence-corrected chi connectivity index (χ4v) is 2.78. The summed E-state index contributed by atoms with van der Waals surface area (Å²) in [6.07, 6.45) is 3.33. The van der Waals surface area contributed by atoms with Crippen LogP contribution in [0.2, 0.25) is 0 Å². The minimum atomic E-state index is -0.339. The number of amides is 2. The molecule has 0 aliphatic carbocycles. The number of carbonyl (C=O) groups is 2. The zero-order valence-corrected chi connectivity index (χ0v) is 14.6. The second-order valence-corrected chi connectivity index (χ2v) is 6.44. The number of halogens is 1. The number of hydrogen-bond acceptors (Lipinski definition) is 4. The van der Waals surface area contributed by atoms with Gasteiger partial charge < -0.3 is 10.0 Å². The van der Waals surface area contributed by atoms with Gasteiger partial charge in [-0.3, -0.25) is 9.59 Å². The average Bonchev–Trinajstić information content (AvgIpc) is 2.72. The standard InChI is InChI=1S/C16H20BrN3O3/c1-11(13-9-12(17)6-7-14(13)21)18-19-15(22)10-20-8-4-2-3-5-16(20)23/h6-7,9,21H,2-5,8,10H2,1H3,(H,19,22)/b18-11+. The predicted molar refractivity (Wildman–Crippen MR) is 91.2 cm³/mol. The molecule has 0 radical (unpaired) electrons. The predicted octanol–water partition coefficient (Wildman–Crippen LogP) is 2.40. The van der Waals surface area contributed by atoms with Gasteiger partial charge >= 0.3 is 0 Å². The zero-order chi connectivity index (χ0) is 16.8. The molecule has 0 atom stereocenters. The molecule has 1 aliphatic rings. The lowest BCUT2D eigenvalue weighted by Gasteiger charge is -2.19. The molecule has 1 saturated heterocycles. The summed E-state index contributed by atoms with van der Waals surface area (Å²) >= 11 is 3.33. The van der Waals surface area contributed by atoms with Crippen molar-refractivity contribution in [3.05, 3.63) is 28.2 Å². The van der Waals surface area contributed by atoms with Crippen LogP contribution in [0.5, 0.6) is 5.75 Å². The maximum atomic E-state index is 12.0. The lowest BCUT2D eigenvalue weighted by atomic mass is 10.1. The van der Waals surface area contributed by atoms with Gasteiger partial charge in [-0.2, -0.15) is 5.10 Å². The Kier molecular flexibility index (Phi) is 6.15. The molecule has 0 spiro atoms. The maximum absolute atomic E-state index is 12.0. The number of phenols is 1. The summed E-state index contributed by atoms with van der Waals surface area (Å²) in [7, 11) is 0. The van der Waals surface area contributed by atoms with E-state index in [9.17, 15) is 14.7 Å². The van der Waals surface area contributed by atoms with E-state index in [1.807, 2.05) is 0 Å². The van der Waals surface area contributed by atoms with E-state index in [4.69, 9.17) is 0 Å². The van der Waals surface area contributed by atoms with Gasteiger partial charge in [0.05, 0.1) is 5.71 Å². The van der Waals surface area contributed by atoms with Gasteiger partial charge in [0.2, 0.25) is 5.91 Å². The molecule has 7 heteroatoms. The third kappa shape index (κ3) is 5.06. The lowest BCUT2D eigenvalue weighted by molar-refractivity contribution is -0.135. The van der Waals surface area contributed by atoms with Crippen LogP contribution in [0.25, 0.3) is 0 Å². The Labute approximate surface area is 143 Å². The second kappa shape index (κ2) is 8.10. The SMILES string of the molecule is C/C(=N\NC(=O)CN1CCCCCC1=O)c1cc(Br)ccc1O. The van der Waals surface area contributed by atoms with E-state index in [-0.39, 0.29) is 24.1 Å². The molecule has 2 amide bonds. The Hall–Kier alpha value is -1.89. The highest BCUT2D eigenvalue weighted by Crippen LogP contribution is 2.22. The van der Waals surface area contributed by atoms with Crippen LogP contribution in [-0.4, -0.2) is 40.6 Å². The monoisotopic (exact) mass is 381 g/mol.